The first kappa shape index (κ1) is 17.9. The number of sulfonamides is 1. The Morgan fingerprint density at radius 3 is 2.12 bits per heavy atom. The van der Waals surface area contributed by atoms with Crippen LogP contribution in [0, 0.1) is 27.7 Å². The van der Waals surface area contributed by atoms with Crippen LogP contribution >= 0.6 is 0 Å². The molecule has 0 saturated carbocycles. The number of hydrogen-bond donors (Lipinski definition) is 1. The Kier molecular flexibility index (Phi) is 4.94. The van der Waals surface area contributed by atoms with Crippen LogP contribution in [0.3, 0.4) is 0 Å². The lowest BCUT2D eigenvalue weighted by Gasteiger charge is -2.16. The van der Waals surface area contributed by atoms with Crippen LogP contribution in [0.2, 0.25) is 0 Å². The van der Waals surface area contributed by atoms with Gasteiger partial charge in [0.05, 0.1) is 17.6 Å². The fourth-order valence-corrected chi connectivity index (χ4v) is 4.04. The molecule has 0 radical (unpaired) electrons. The van der Waals surface area contributed by atoms with Gasteiger partial charge in [-0.1, -0.05) is 6.07 Å². The number of hydrogen-bond acceptors (Lipinski definition) is 5. The van der Waals surface area contributed by atoms with Gasteiger partial charge in [-0.25, -0.2) is 18.1 Å². The van der Waals surface area contributed by atoms with E-state index in [9.17, 15) is 13.2 Å². The minimum Gasteiger partial charge on any atom is -0.481 e. The molecule has 1 amide bonds. The van der Waals surface area contributed by atoms with Crippen molar-refractivity contribution < 1.29 is 17.9 Å². The summed E-state index contributed by atoms with van der Waals surface area (Å²) in [5, 5.41) is 0. The predicted molar refractivity (Wildman–Crippen MR) is 90.8 cm³/mol. The van der Waals surface area contributed by atoms with Crippen LogP contribution in [-0.2, 0) is 10.0 Å². The molecule has 2 aromatic rings. The number of nitrogens with one attached hydrogen (secondary N) is 1. The fraction of sp³-hybridized carbons (Fsp3) is 0.294. The third kappa shape index (κ3) is 3.41. The molecule has 1 aromatic carbocycles. The van der Waals surface area contributed by atoms with Gasteiger partial charge in [-0.3, -0.25) is 4.79 Å². The van der Waals surface area contributed by atoms with Crippen LogP contribution < -0.4 is 9.46 Å². The van der Waals surface area contributed by atoms with Crippen molar-refractivity contribution in [2.45, 2.75) is 32.6 Å². The van der Waals surface area contributed by atoms with Crippen LogP contribution in [0.4, 0.5) is 0 Å². The van der Waals surface area contributed by atoms with Gasteiger partial charge in [0.1, 0.15) is 0 Å². The van der Waals surface area contributed by atoms with Gasteiger partial charge in [0.2, 0.25) is 5.88 Å². The first-order valence-corrected chi connectivity index (χ1v) is 8.80. The van der Waals surface area contributed by atoms with Crippen LogP contribution in [0.25, 0.3) is 0 Å². The number of benzene rings is 1. The van der Waals surface area contributed by atoms with Crippen molar-refractivity contribution in [3.63, 3.8) is 0 Å². The monoisotopic (exact) mass is 348 g/mol. The zero-order valence-corrected chi connectivity index (χ0v) is 15.1. The second-order valence-corrected chi connectivity index (χ2v) is 7.23. The van der Waals surface area contributed by atoms with E-state index in [4.69, 9.17) is 4.74 Å². The highest BCUT2D eigenvalue weighted by molar-refractivity contribution is 7.90. The summed E-state index contributed by atoms with van der Waals surface area (Å²) >= 11 is 0. The molecule has 0 fully saturated rings. The van der Waals surface area contributed by atoms with Crippen molar-refractivity contribution in [1.82, 2.24) is 9.71 Å². The van der Waals surface area contributed by atoms with E-state index >= 15 is 0 Å². The quantitative estimate of drug-likeness (QED) is 0.917. The highest BCUT2D eigenvalue weighted by Gasteiger charge is 2.24. The van der Waals surface area contributed by atoms with Crippen molar-refractivity contribution in [1.29, 1.82) is 0 Å². The smallest absolute Gasteiger partial charge is 0.266 e. The number of pyridine rings is 1. The normalized spacial score (nSPS) is 11.2. The first-order chi connectivity index (χ1) is 11.2. The summed E-state index contributed by atoms with van der Waals surface area (Å²) in [6.07, 6.45) is 1.27. The molecule has 128 valence electrons. The predicted octanol–water partition coefficient (Wildman–Crippen LogP) is 2.44. The molecule has 2 rings (SSSR count). The lowest BCUT2D eigenvalue weighted by atomic mass is 10.0. The summed E-state index contributed by atoms with van der Waals surface area (Å²) in [6, 6.07) is 4.88. The SMILES string of the molecule is COc1ccc(C(=O)NS(=O)(=O)c2c(C)c(C)cc(C)c2C)cn1. The van der Waals surface area contributed by atoms with E-state index in [0.717, 1.165) is 11.1 Å². The molecule has 0 spiro atoms. The second kappa shape index (κ2) is 6.60. The summed E-state index contributed by atoms with van der Waals surface area (Å²) in [4.78, 5) is 16.3. The van der Waals surface area contributed by atoms with Gasteiger partial charge in [0.15, 0.2) is 0 Å². The van der Waals surface area contributed by atoms with E-state index in [2.05, 4.69) is 9.71 Å². The number of nitrogens with zero attached hydrogens (tertiary/aromatic N) is 1. The molecule has 7 heteroatoms. The summed E-state index contributed by atoms with van der Waals surface area (Å²) in [7, 11) is -2.53. The molecule has 0 atom stereocenters. The lowest BCUT2D eigenvalue weighted by molar-refractivity contribution is 0.0981. The fourth-order valence-electron chi connectivity index (χ4n) is 2.45. The average Bonchev–Trinajstić information content (AvgIpc) is 2.52. The van der Waals surface area contributed by atoms with E-state index < -0.39 is 15.9 Å². The third-order valence-corrected chi connectivity index (χ3v) is 5.60. The Morgan fingerprint density at radius 1 is 1.08 bits per heavy atom. The molecule has 0 bridgehead atoms. The van der Waals surface area contributed by atoms with Gasteiger partial charge in [0, 0.05) is 12.3 Å². The topological polar surface area (TPSA) is 85.4 Å². The maximum absolute atomic E-state index is 12.7. The molecule has 1 aromatic heterocycles. The Morgan fingerprint density at radius 2 is 1.67 bits per heavy atom. The summed E-state index contributed by atoms with van der Waals surface area (Å²) in [6.45, 7) is 7.15. The molecule has 1 N–H and O–H groups in total. The van der Waals surface area contributed by atoms with Crippen LogP contribution in [0.1, 0.15) is 32.6 Å². The summed E-state index contributed by atoms with van der Waals surface area (Å²) in [5.74, 6) is -0.390. The number of aryl methyl sites for hydroxylation is 2. The zero-order valence-electron chi connectivity index (χ0n) is 14.3. The van der Waals surface area contributed by atoms with Crippen molar-refractivity contribution in [3.05, 3.63) is 52.2 Å². The Bertz CT molecular complexity index is 862. The Balaban J connectivity index is 2.40. The number of carbonyl (C=O) groups is 1. The largest absolute Gasteiger partial charge is 0.481 e. The minimum atomic E-state index is -3.99. The number of aromatic nitrogens is 1. The molecule has 0 unspecified atom stereocenters. The molecule has 1 heterocycles. The van der Waals surface area contributed by atoms with Crippen molar-refractivity contribution in [2.24, 2.45) is 0 Å². The van der Waals surface area contributed by atoms with Gasteiger partial charge in [-0.05, 0) is 56.0 Å². The first-order valence-electron chi connectivity index (χ1n) is 7.32. The van der Waals surface area contributed by atoms with Gasteiger partial charge in [-0.2, -0.15) is 0 Å². The van der Waals surface area contributed by atoms with Gasteiger partial charge in [-0.15, -0.1) is 0 Å². The Labute approximate surface area is 141 Å². The van der Waals surface area contributed by atoms with Crippen molar-refractivity contribution in [3.8, 4) is 5.88 Å². The molecular weight excluding hydrogens is 328 g/mol. The molecule has 24 heavy (non-hydrogen) atoms. The molecule has 0 aliphatic rings. The third-order valence-electron chi connectivity index (χ3n) is 4.00. The molecule has 6 nitrogen and oxygen atoms in total. The van der Waals surface area contributed by atoms with Crippen molar-refractivity contribution in [2.75, 3.05) is 7.11 Å². The van der Waals surface area contributed by atoms with E-state index in [0.29, 0.717) is 17.0 Å². The van der Waals surface area contributed by atoms with Gasteiger partial charge in [0.25, 0.3) is 15.9 Å². The van der Waals surface area contributed by atoms with Gasteiger partial charge >= 0.3 is 0 Å². The van der Waals surface area contributed by atoms with E-state index in [-0.39, 0.29) is 10.5 Å². The van der Waals surface area contributed by atoms with E-state index in [1.165, 1.54) is 25.4 Å². The highest BCUT2D eigenvalue weighted by Crippen LogP contribution is 2.26. The van der Waals surface area contributed by atoms with Crippen molar-refractivity contribution >= 4 is 15.9 Å². The summed E-state index contributed by atoms with van der Waals surface area (Å²) < 4.78 is 32.4. The zero-order chi connectivity index (χ0) is 18.1. The Hall–Kier alpha value is -2.41. The maximum atomic E-state index is 12.7. The molecular formula is C17H20N2O4S. The highest BCUT2D eigenvalue weighted by atomic mass is 32.2. The summed E-state index contributed by atoms with van der Waals surface area (Å²) in [5.41, 5.74) is 3.12. The minimum absolute atomic E-state index is 0.138. The number of amides is 1. The van der Waals surface area contributed by atoms with Crippen LogP contribution in [0.15, 0.2) is 29.3 Å². The number of rotatable bonds is 4. The second-order valence-electron chi connectivity index (χ2n) is 5.61. The number of ether oxygens (including phenoxy) is 1. The molecule has 0 aliphatic heterocycles. The number of carbonyl (C=O) groups excluding carboxylic acids is 1. The lowest BCUT2D eigenvalue weighted by Crippen LogP contribution is -2.32. The van der Waals surface area contributed by atoms with E-state index in [1.807, 2.05) is 19.9 Å². The standard InChI is InChI=1S/C17H20N2O4S/c1-10-8-11(2)13(4)16(12(10)3)24(21,22)19-17(20)14-6-7-15(23-5)18-9-14/h6-9H,1-5H3,(H,19,20). The van der Waals surface area contributed by atoms with Crippen LogP contribution in [0.5, 0.6) is 5.88 Å². The average molecular weight is 348 g/mol. The molecule has 0 saturated heterocycles. The van der Waals surface area contributed by atoms with Crippen LogP contribution in [-0.4, -0.2) is 26.4 Å². The van der Waals surface area contributed by atoms with E-state index in [1.54, 1.807) is 13.8 Å². The van der Waals surface area contributed by atoms with Gasteiger partial charge < -0.3 is 4.74 Å². The number of methoxy groups -OCH3 is 1. The maximum Gasteiger partial charge on any atom is 0.266 e. The molecule has 0 aliphatic carbocycles.